The average Bonchev–Trinajstić information content (AvgIpc) is 2.11. The van der Waals surface area contributed by atoms with Crippen molar-refractivity contribution >= 4 is 17.4 Å². The zero-order valence-electron chi connectivity index (χ0n) is 9.42. The molecule has 1 aromatic rings. The minimum absolute atomic E-state index is 0.498. The van der Waals surface area contributed by atoms with E-state index in [1.54, 1.807) is 0 Å². The first kappa shape index (κ1) is 11.4. The van der Waals surface area contributed by atoms with Crippen LogP contribution in [0.25, 0.3) is 0 Å². The van der Waals surface area contributed by atoms with Crippen molar-refractivity contribution in [1.82, 2.24) is 0 Å². The third kappa shape index (κ3) is 2.95. The summed E-state index contributed by atoms with van der Waals surface area (Å²) in [6.45, 7) is 6.53. The van der Waals surface area contributed by atoms with Crippen LogP contribution in [0, 0.1) is 6.92 Å². The summed E-state index contributed by atoms with van der Waals surface area (Å²) in [4.78, 5) is 0. The fourth-order valence-corrected chi connectivity index (χ4v) is 2.09. The molecule has 0 aromatic heterocycles. The van der Waals surface area contributed by atoms with Crippen LogP contribution in [0.15, 0.2) is 18.2 Å². The fraction of sp³-hybridized carbons (Fsp3) is 0.500. The molecule has 0 heterocycles. The molecule has 0 fully saturated rings. The van der Waals surface area contributed by atoms with Gasteiger partial charge in [0.2, 0.25) is 0 Å². The van der Waals surface area contributed by atoms with Crippen LogP contribution in [0.1, 0.15) is 25.0 Å². The van der Waals surface area contributed by atoms with Crippen LogP contribution in [0.5, 0.6) is 0 Å². The molecule has 14 heavy (non-hydrogen) atoms. The Morgan fingerprint density at radius 3 is 2.64 bits per heavy atom. The lowest BCUT2D eigenvalue weighted by Gasteiger charge is -2.15. The number of anilines is 1. The number of benzene rings is 1. The van der Waals surface area contributed by atoms with E-state index in [1.165, 1.54) is 16.8 Å². The molecular formula is C12H19NS. The lowest BCUT2D eigenvalue weighted by atomic mass is 10.1. The Balaban J connectivity index is 2.89. The lowest BCUT2D eigenvalue weighted by molar-refractivity contribution is 0.896. The Morgan fingerprint density at radius 2 is 2.07 bits per heavy atom. The highest BCUT2D eigenvalue weighted by atomic mass is 32.2. The number of hydrogen-bond acceptors (Lipinski definition) is 2. The van der Waals surface area contributed by atoms with Gasteiger partial charge >= 0.3 is 0 Å². The molecule has 0 aliphatic rings. The van der Waals surface area contributed by atoms with Crippen LogP contribution in [0.3, 0.4) is 0 Å². The van der Waals surface area contributed by atoms with Crippen LogP contribution in [0.4, 0.5) is 5.69 Å². The smallest absolute Gasteiger partial charge is 0.0374 e. The summed E-state index contributed by atoms with van der Waals surface area (Å²) in [5.74, 6) is 1.10. The molecule has 78 valence electrons. The van der Waals surface area contributed by atoms with Crippen LogP contribution in [-0.2, 0) is 5.75 Å². The first-order chi connectivity index (χ1) is 6.65. The highest BCUT2D eigenvalue weighted by Gasteiger charge is 2.03. The Labute approximate surface area is 91.3 Å². The Kier molecular flexibility index (Phi) is 4.33. The second-order valence-electron chi connectivity index (χ2n) is 3.82. The normalized spacial score (nSPS) is 10.6. The van der Waals surface area contributed by atoms with Crippen LogP contribution in [0.2, 0.25) is 0 Å². The van der Waals surface area contributed by atoms with E-state index in [1.807, 2.05) is 11.8 Å². The largest absolute Gasteiger partial charge is 0.383 e. The maximum absolute atomic E-state index is 3.46. The summed E-state index contributed by atoms with van der Waals surface area (Å²) in [5, 5.41) is 3.46. The van der Waals surface area contributed by atoms with Crippen molar-refractivity contribution in [2.75, 3.05) is 11.6 Å². The maximum Gasteiger partial charge on any atom is 0.0374 e. The molecule has 1 nitrogen and oxygen atoms in total. The molecule has 0 radical (unpaired) electrons. The van der Waals surface area contributed by atoms with Gasteiger partial charge in [-0.1, -0.05) is 12.1 Å². The molecule has 0 saturated carbocycles. The second kappa shape index (κ2) is 5.30. The predicted octanol–water partition coefficient (Wildman–Crippen LogP) is 3.68. The Bertz CT molecular complexity index is 294. The number of thioether (sulfide) groups is 1. The second-order valence-corrected chi connectivity index (χ2v) is 4.69. The van der Waals surface area contributed by atoms with Crippen LogP contribution in [-0.4, -0.2) is 12.3 Å². The van der Waals surface area contributed by atoms with E-state index in [4.69, 9.17) is 0 Å². The van der Waals surface area contributed by atoms with Crippen molar-refractivity contribution in [3.05, 3.63) is 29.3 Å². The van der Waals surface area contributed by atoms with E-state index < -0.39 is 0 Å². The number of nitrogens with one attached hydrogen (secondary N) is 1. The van der Waals surface area contributed by atoms with Crippen LogP contribution < -0.4 is 5.32 Å². The predicted molar refractivity (Wildman–Crippen MR) is 67.2 cm³/mol. The highest BCUT2D eigenvalue weighted by Crippen LogP contribution is 2.22. The first-order valence-electron chi connectivity index (χ1n) is 4.99. The van der Waals surface area contributed by atoms with E-state index >= 15 is 0 Å². The summed E-state index contributed by atoms with van der Waals surface area (Å²) >= 11 is 1.87. The van der Waals surface area contributed by atoms with Gasteiger partial charge < -0.3 is 5.32 Å². The van der Waals surface area contributed by atoms with Gasteiger partial charge in [0.25, 0.3) is 0 Å². The summed E-state index contributed by atoms with van der Waals surface area (Å²) < 4.78 is 0. The molecular weight excluding hydrogens is 190 g/mol. The Hall–Kier alpha value is -0.630. The van der Waals surface area contributed by atoms with Gasteiger partial charge in [0.05, 0.1) is 0 Å². The third-order valence-electron chi connectivity index (χ3n) is 2.19. The molecule has 1 N–H and O–H groups in total. The SMILES string of the molecule is CSCc1cccc(NC(C)C)c1C. The molecule has 0 amide bonds. The van der Waals surface area contributed by atoms with Crippen molar-refractivity contribution in [3.63, 3.8) is 0 Å². The fourth-order valence-electron chi connectivity index (χ4n) is 1.46. The first-order valence-corrected chi connectivity index (χ1v) is 6.38. The monoisotopic (exact) mass is 209 g/mol. The minimum atomic E-state index is 0.498. The van der Waals surface area contributed by atoms with Gasteiger partial charge in [0.1, 0.15) is 0 Å². The van der Waals surface area contributed by atoms with Gasteiger partial charge in [-0.3, -0.25) is 0 Å². The van der Waals surface area contributed by atoms with Crippen molar-refractivity contribution in [2.24, 2.45) is 0 Å². The summed E-state index contributed by atoms with van der Waals surface area (Å²) in [5.41, 5.74) is 4.09. The quantitative estimate of drug-likeness (QED) is 0.812. The van der Waals surface area contributed by atoms with Crippen LogP contribution >= 0.6 is 11.8 Å². The number of rotatable bonds is 4. The van der Waals surface area contributed by atoms with Crippen molar-refractivity contribution in [3.8, 4) is 0 Å². The Morgan fingerprint density at radius 1 is 1.36 bits per heavy atom. The molecule has 0 aliphatic heterocycles. The standard InChI is InChI=1S/C12H19NS/c1-9(2)13-12-7-5-6-11(8-14-4)10(12)3/h5-7,9,13H,8H2,1-4H3. The van der Waals surface area contributed by atoms with Gasteiger partial charge in [-0.15, -0.1) is 0 Å². The van der Waals surface area contributed by atoms with E-state index in [9.17, 15) is 0 Å². The van der Waals surface area contributed by atoms with Crippen molar-refractivity contribution < 1.29 is 0 Å². The molecule has 2 heteroatoms. The minimum Gasteiger partial charge on any atom is -0.383 e. The zero-order chi connectivity index (χ0) is 10.6. The zero-order valence-corrected chi connectivity index (χ0v) is 10.2. The van der Waals surface area contributed by atoms with Gasteiger partial charge in [0, 0.05) is 17.5 Å². The molecule has 0 atom stereocenters. The van der Waals surface area contributed by atoms with E-state index in [2.05, 4.69) is 50.5 Å². The molecule has 0 unspecified atom stereocenters. The van der Waals surface area contributed by atoms with Gasteiger partial charge in [-0.2, -0.15) is 11.8 Å². The molecule has 0 bridgehead atoms. The molecule has 0 aliphatic carbocycles. The maximum atomic E-state index is 3.46. The highest BCUT2D eigenvalue weighted by molar-refractivity contribution is 7.97. The topological polar surface area (TPSA) is 12.0 Å². The molecule has 0 spiro atoms. The van der Waals surface area contributed by atoms with Crippen molar-refractivity contribution in [1.29, 1.82) is 0 Å². The van der Waals surface area contributed by atoms with E-state index in [-0.39, 0.29) is 0 Å². The lowest BCUT2D eigenvalue weighted by Crippen LogP contribution is -2.11. The number of hydrogen-bond donors (Lipinski definition) is 1. The van der Waals surface area contributed by atoms with Gasteiger partial charge in [0.15, 0.2) is 0 Å². The molecule has 0 saturated heterocycles. The third-order valence-corrected chi connectivity index (χ3v) is 2.79. The van der Waals surface area contributed by atoms with Crippen molar-refractivity contribution in [2.45, 2.75) is 32.6 Å². The van der Waals surface area contributed by atoms with E-state index in [0.29, 0.717) is 6.04 Å². The molecule has 1 rings (SSSR count). The summed E-state index contributed by atoms with van der Waals surface area (Å²) in [6, 6.07) is 6.98. The molecule has 1 aromatic carbocycles. The van der Waals surface area contributed by atoms with Gasteiger partial charge in [-0.25, -0.2) is 0 Å². The average molecular weight is 209 g/mol. The van der Waals surface area contributed by atoms with Gasteiger partial charge in [-0.05, 0) is 44.2 Å². The summed E-state index contributed by atoms with van der Waals surface area (Å²) in [7, 11) is 0. The summed E-state index contributed by atoms with van der Waals surface area (Å²) in [6.07, 6.45) is 2.14. The van der Waals surface area contributed by atoms with E-state index in [0.717, 1.165) is 5.75 Å².